The van der Waals surface area contributed by atoms with Crippen LogP contribution in [0.4, 0.5) is 0 Å². The predicted molar refractivity (Wildman–Crippen MR) is 424 cm³/mol. The quantitative estimate of drug-likeness (QED) is 0.0281. The van der Waals surface area contributed by atoms with Gasteiger partial charge in [-0.2, -0.15) is 0 Å². The third-order valence-corrected chi connectivity index (χ3v) is 27.1. The van der Waals surface area contributed by atoms with Gasteiger partial charge in [-0.25, -0.2) is 42.1 Å². The Morgan fingerprint density at radius 2 is 0.433 bits per heavy atom. The lowest BCUT2D eigenvalue weighted by Gasteiger charge is -2.17. The van der Waals surface area contributed by atoms with Gasteiger partial charge >= 0.3 is 0 Å². The number of sulfone groups is 5. The maximum absolute atomic E-state index is 13.7. The van der Waals surface area contributed by atoms with Crippen LogP contribution in [-0.4, -0.2) is 89.2 Å². The number of hydrogen-bond acceptors (Lipinski definition) is 12. The fourth-order valence-electron chi connectivity index (χ4n) is 11.7. The molecule has 12 nitrogen and oxygen atoms in total. The van der Waals surface area contributed by atoms with E-state index >= 15 is 0 Å². The normalized spacial score (nSPS) is 11.6. The second-order valence-corrected chi connectivity index (χ2v) is 37.3. The zero-order chi connectivity index (χ0) is 75.1. The maximum atomic E-state index is 13.7. The molecule has 0 fully saturated rings. The van der Waals surface area contributed by atoms with Crippen molar-refractivity contribution in [2.45, 2.75) is 245 Å². The first-order chi connectivity index (χ1) is 50.1. The SMILES string of the molecule is CCCCCCS(=O)(=O)c1ccc(C#Cc2c(C#Cc3ccc(S(=O)(=O)CCCCCC)cc3)c(C#Cc3ccc(S(=O)(=O)CCCCCC)cc3)c(OCCCCCCCCCCCO)c(C#Cc3ccc(S(=O)(=O)CCCCCC)cc3)c2C#Cc2ccc(S(=O)(=O)CCCCCC)cc2)cc1. The summed E-state index contributed by atoms with van der Waals surface area (Å²) in [4.78, 5) is 0.810. The Hall–Kier alpha value is -7.37. The van der Waals surface area contributed by atoms with Gasteiger partial charge in [0.05, 0.1) is 87.7 Å². The molecule has 0 saturated heterocycles. The molecule has 6 aromatic carbocycles. The Labute approximate surface area is 625 Å². The van der Waals surface area contributed by atoms with Gasteiger partial charge in [0, 0.05) is 34.4 Å². The molecular weight excluding hydrogens is 1400 g/mol. The lowest BCUT2D eigenvalue weighted by atomic mass is 9.89. The molecule has 0 aromatic heterocycles. The van der Waals surface area contributed by atoms with Crippen molar-refractivity contribution in [1.82, 2.24) is 0 Å². The molecule has 1 N–H and O–H groups in total. The summed E-state index contributed by atoms with van der Waals surface area (Å²) in [6.45, 7) is 10.7. The Balaban J connectivity index is 1.73. The molecule has 0 heterocycles. The Kier molecular flexibility index (Phi) is 37.2. The summed E-state index contributed by atoms with van der Waals surface area (Å²) in [5, 5.41) is 9.31. The van der Waals surface area contributed by atoms with Gasteiger partial charge < -0.3 is 9.84 Å². The maximum Gasteiger partial charge on any atom is 0.178 e. The number of aliphatic hydroxyl groups is 1. The number of hydrogen-bond donors (Lipinski definition) is 1. The largest absolute Gasteiger partial charge is 0.491 e. The van der Waals surface area contributed by atoms with Crippen LogP contribution in [0.3, 0.4) is 0 Å². The zero-order valence-corrected chi connectivity index (χ0v) is 66.1. The van der Waals surface area contributed by atoms with Crippen LogP contribution in [0.2, 0.25) is 0 Å². The molecule has 6 aromatic rings. The summed E-state index contributed by atoms with van der Waals surface area (Å²) in [5.74, 6) is 33.7. The van der Waals surface area contributed by atoms with E-state index in [-0.39, 0.29) is 100 Å². The van der Waals surface area contributed by atoms with Crippen LogP contribution in [0.5, 0.6) is 5.75 Å². The Morgan fingerprint density at radius 3 is 0.654 bits per heavy atom. The molecule has 0 atom stereocenters. The van der Waals surface area contributed by atoms with Crippen LogP contribution in [-0.2, 0) is 49.2 Å². The van der Waals surface area contributed by atoms with Gasteiger partial charge in [-0.15, -0.1) is 0 Å². The van der Waals surface area contributed by atoms with Gasteiger partial charge in [0.25, 0.3) is 0 Å². The number of benzene rings is 6. The highest BCUT2D eigenvalue weighted by Gasteiger charge is 2.25. The van der Waals surface area contributed by atoms with E-state index in [1.54, 1.807) is 121 Å². The van der Waals surface area contributed by atoms with Crippen molar-refractivity contribution in [3.63, 3.8) is 0 Å². The average Bonchev–Trinajstić information content (AvgIpc) is 0.762. The molecule has 0 aliphatic heterocycles. The molecule has 0 spiro atoms. The van der Waals surface area contributed by atoms with E-state index in [1.807, 2.05) is 0 Å². The highest BCUT2D eigenvalue weighted by atomic mass is 32.2. The van der Waals surface area contributed by atoms with Crippen molar-refractivity contribution < 1.29 is 51.9 Å². The van der Waals surface area contributed by atoms with E-state index in [4.69, 9.17) is 4.74 Å². The molecule has 0 saturated carbocycles. The molecule has 0 unspecified atom stereocenters. The average molecular weight is 1510 g/mol. The summed E-state index contributed by atoms with van der Waals surface area (Å²) in [6, 6.07) is 31.9. The number of ether oxygens (including phenoxy) is 1. The third-order valence-electron chi connectivity index (χ3n) is 18.1. The van der Waals surface area contributed by atoms with Gasteiger partial charge in [-0.05, 0) is 166 Å². The number of aliphatic hydroxyl groups excluding tert-OH is 1. The van der Waals surface area contributed by atoms with Gasteiger partial charge in [0.1, 0.15) is 0 Å². The predicted octanol–water partition coefficient (Wildman–Crippen LogP) is 18.3. The van der Waals surface area contributed by atoms with E-state index < -0.39 is 49.2 Å². The highest BCUT2D eigenvalue weighted by molar-refractivity contribution is 7.92. The van der Waals surface area contributed by atoms with E-state index in [9.17, 15) is 47.2 Å². The Morgan fingerprint density at radius 1 is 0.240 bits per heavy atom. The summed E-state index contributed by atoms with van der Waals surface area (Å²) < 4.78 is 144. The van der Waals surface area contributed by atoms with E-state index in [0.29, 0.717) is 66.3 Å². The third kappa shape index (κ3) is 28.8. The van der Waals surface area contributed by atoms with Crippen LogP contribution in [0.1, 0.15) is 276 Å². The standard InChI is InChI=1S/C87H108O12S5/c1-6-11-16-30-67-100(89,90)77-50-35-72(36-51-77)45-60-82-83(61-46-73-37-52-78(53-38-73)101(91,92)68-31-17-12-7-2)85(63-48-75-41-56-80(57-42-75)103(95,96)70-33-19-14-9-4)87(99-66-29-27-25-23-21-22-24-26-28-65-88)86(64-49-76-43-58-81(59-44-76)104(97,98)71-34-20-15-10-5)84(82)62-47-74-39-54-79(55-40-74)102(93,94)69-32-18-13-8-3/h35-44,50-59,88H,6-34,65-71H2,1-5H3. The molecule has 0 radical (unpaired) electrons. The van der Waals surface area contributed by atoms with Gasteiger partial charge in [0.2, 0.25) is 0 Å². The van der Waals surface area contributed by atoms with Crippen molar-refractivity contribution in [2.24, 2.45) is 0 Å². The smallest absolute Gasteiger partial charge is 0.178 e. The first-order valence-electron chi connectivity index (χ1n) is 37.8. The van der Waals surface area contributed by atoms with Crippen molar-refractivity contribution in [2.75, 3.05) is 42.0 Å². The van der Waals surface area contributed by atoms with Crippen molar-refractivity contribution >= 4 is 49.2 Å². The lowest BCUT2D eigenvalue weighted by Crippen LogP contribution is -2.08. The minimum Gasteiger partial charge on any atom is -0.491 e. The number of unbranched alkanes of at least 4 members (excludes halogenated alkanes) is 23. The second-order valence-electron chi connectivity index (χ2n) is 26.7. The van der Waals surface area contributed by atoms with Crippen molar-refractivity contribution in [3.8, 4) is 65.0 Å². The van der Waals surface area contributed by atoms with Gasteiger partial charge in [-0.3, -0.25) is 0 Å². The van der Waals surface area contributed by atoms with Crippen LogP contribution in [0.15, 0.2) is 146 Å². The molecule has 0 aliphatic carbocycles. The van der Waals surface area contributed by atoms with E-state index in [2.05, 4.69) is 93.8 Å². The second kappa shape index (κ2) is 45.2. The van der Waals surface area contributed by atoms with Gasteiger partial charge in [0.15, 0.2) is 54.9 Å². The summed E-state index contributed by atoms with van der Waals surface area (Å²) in [5.41, 5.74) is 3.43. The first kappa shape index (κ1) is 85.6. The van der Waals surface area contributed by atoms with Crippen LogP contribution < -0.4 is 4.74 Å². The summed E-state index contributed by atoms with van der Waals surface area (Å²) in [7, 11) is -18.1. The van der Waals surface area contributed by atoms with E-state index in [1.165, 1.54) is 0 Å². The fourth-order valence-corrected chi connectivity index (χ4v) is 18.5. The molecule has 0 amide bonds. The van der Waals surface area contributed by atoms with Crippen LogP contribution >= 0.6 is 0 Å². The molecule has 6 rings (SSSR count). The topological polar surface area (TPSA) is 200 Å². The van der Waals surface area contributed by atoms with Crippen molar-refractivity contribution in [3.05, 3.63) is 177 Å². The minimum absolute atomic E-state index is 0.00000641. The monoisotopic (exact) mass is 1500 g/mol. The molecule has 0 aliphatic rings. The Bertz CT molecular complexity index is 4390. The van der Waals surface area contributed by atoms with E-state index in [0.717, 1.165) is 148 Å². The highest BCUT2D eigenvalue weighted by Crippen LogP contribution is 2.35. The summed E-state index contributed by atoms with van der Waals surface area (Å²) >= 11 is 0. The zero-order valence-electron chi connectivity index (χ0n) is 62.0. The molecule has 104 heavy (non-hydrogen) atoms. The van der Waals surface area contributed by atoms with Gasteiger partial charge in [-0.1, -0.05) is 235 Å². The molecule has 17 heteroatoms. The molecular formula is C87H108O12S5. The van der Waals surface area contributed by atoms with Crippen LogP contribution in [0.25, 0.3) is 0 Å². The minimum atomic E-state index is -3.63. The van der Waals surface area contributed by atoms with Crippen LogP contribution in [0, 0.1) is 59.2 Å². The summed E-state index contributed by atoms with van der Waals surface area (Å²) in [6.07, 6.45) is 24.3. The lowest BCUT2D eigenvalue weighted by molar-refractivity contribution is 0.282. The molecule has 558 valence electrons. The number of rotatable bonds is 42. The fraction of sp³-hybridized carbons (Fsp3) is 0.471. The first-order valence-corrected chi connectivity index (χ1v) is 46.1. The molecule has 0 bridgehead atoms. The van der Waals surface area contributed by atoms with Crippen molar-refractivity contribution in [1.29, 1.82) is 0 Å².